The first-order valence-corrected chi connectivity index (χ1v) is 8.94. The van der Waals surface area contributed by atoms with Crippen LogP contribution in [0.1, 0.15) is 20.3 Å². The van der Waals surface area contributed by atoms with Gasteiger partial charge in [-0.15, -0.1) is 0 Å². The van der Waals surface area contributed by atoms with Gasteiger partial charge in [-0.25, -0.2) is 0 Å². The van der Waals surface area contributed by atoms with E-state index in [1.807, 2.05) is 6.07 Å². The molecule has 18 heavy (non-hydrogen) atoms. The lowest BCUT2D eigenvalue weighted by Crippen LogP contribution is -2.58. The van der Waals surface area contributed by atoms with Gasteiger partial charge in [-0.3, -0.25) is 0 Å². The Balaban J connectivity index is 3.05. The van der Waals surface area contributed by atoms with Crippen molar-refractivity contribution in [1.82, 2.24) is 0 Å². The largest absolute Gasteiger partial charge is 0.397 e. The molecule has 3 nitrogen and oxygen atoms in total. The zero-order valence-electron chi connectivity index (χ0n) is 12.1. The molecule has 0 aromatic heterocycles. The highest BCUT2D eigenvalue weighted by molar-refractivity contribution is 6.68. The van der Waals surface area contributed by atoms with Crippen LogP contribution < -0.4 is 4.90 Å². The minimum atomic E-state index is -2.17. The summed E-state index contributed by atoms with van der Waals surface area (Å²) in [6.07, 6.45) is 1.02. The lowest BCUT2D eigenvalue weighted by Gasteiger charge is -2.40. The molecule has 102 valence electrons. The second-order valence-corrected chi connectivity index (χ2v) is 7.98. The highest BCUT2D eigenvalue weighted by Gasteiger charge is 2.41. The highest BCUT2D eigenvalue weighted by Crippen LogP contribution is 2.25. The van der Waals surface area contributed by atoms with Crippen LogP contribution in [0.25, 0.3) is 0 Å². The fraction of sp³-hybridized carbons (Fsp3) is 0.571. The van der Waals surface area contributed by atoms with Gasteiger partial charge in [0.25, 0.3) is 0 Å². The second kappa shape index (κ2) is 6.92. The molecule has 0 fully saturated rings. The van der Waals surface area contributed by atoms with E-state index < -0.39 is 8.56 Å². The molecule has 0 saturated heterocycles. The summed E-state index contributed by atoms with van der Waals surface area (Å²) in [6, 6.07) is 10.5. The molecule has 0 radical (unpaired) electrons. The molecule has 1 atom stereocenters. The monoisotopic (exact) mass is 267 g/mol. The first-order chi connectivity index (χ1) is 8.62. The second-order valence-electron chi connectivity index (χ2n) is 4.47. The first-order valence-electron chi connectivity index (χ1n) is 6.54. The number of anilines is 1. The molecule has 0 heterocycles. The van der Waals surface area contributed by atoms with Gasteiger partial charge in [0.1, 0.15) is 0 Å². The van der Waals surface area contributed by atoms with Gasteiger partial charge in [-0.05, 0) is 32.0 Å². The van der Waals surface area contributed by atoms with Crippen LogP contribution in [0, 0.1) is 0 Å². The van der Waals surface area contributed by atoms with Crippen LogP contribution >= 0.6 is 0 Å². The molecule has 0 bridgehead atoms. The summed E-state index contributed by atoms with van der Waals surface area (Å²) in [5, 5.41) is 0. The number of para-hydroxylation sites is 1. The molecule has 1 aromatic rings. The summed E-state index contributed by atoms with van der Waals surface area (Å²) < 4.78 is 11.4. The summed E-state index contributed by atoms with van der Waals surface area (Å²) in [4.78, 5) is 2.39. The molecule has 0 aliphatic rings. The van der Waals surface area contributed by atoms with Gasteiger partial charge in [-0.1, -0.05) is 25.1 Å². The molecule has 1 unspecified atom stereocenters. The third-order valence-corrected chi connectivity index (χ3v) is 7.16. The van der Waals surface area contributed by atoms with E-state index in [2.05, 4.69) is 49.6 Å². The highest BCUT2D eigenvalue weighted by atomic mass is 28.4. The average molecular weight is 267 g/mol. The van der Waals surface area contributed by atoms with Crippen LogP contribution in [0.3, 0.4) is 0 Å². The third-order valence-electron chi connectivity index (χ3n) is 3.61. The molecule has 4 heteroatoms. The number of hydrogen-bond donors (Lipinski definition) is 0. The van der Waals surface area contributed by atoms with Crippen molar-refractivity contribution in [3.63, 3.8) is 0 Å². The molecule has 0 N–H and O–H groups in total. The fourth-order valence-electron chi connectivity index (χ4n) is 2.43. The van der Waals surface area contributed by atoms with Crippen LogP contribution in [0.4, 0.5) is 5.69 Å². The van der Waals surface area contributed by atoms with Crippen LogP contribution in [0.15, 0.2) is 30.3 Å². The Labute approximate surface area is 112 Å². The Kier molecular flexibility index (Phi) is 5.85. The van der Waals surface area contributed by atoms with Crippen molar-refractivity contribution in [1.29, 1.82) is 0 Å². The van der Waals surface area contributed by atoms with Gasteiger partial charge in [0.2, 0.25) is 0 Å². The van der Waals surface area contributed by atoms with E-state index in [1.165, 1.54) is 5.69 Å². The Morgan fingerprint density at radius 1 is 1.11 bits per heavy atom. The van der Waals surface area contributed by atoms with E-state index in [-0.39, 0.29) is 0 Å². The fourth-order valence-corrected chi connectivity index (χ4v) is 4.78. The van der Waals surface area contributed by atoms with E-state index in [9.17, 15) is 0 Å². The molecular formula is C14H25NO2Si. The van der Waals surface area contributed by atoms with Crippen molar-refractivity contribution in [3.8, 4) is 0 Å². The SMILES string of the molecule is CCC(N(CC)c1ccccc1)[Si](C)(OC)OC. The van der Waals surface area contributed by atoms with Gasteiger partial charge in [0.05, 0.1) is 5.67 Å². The molecule has 0 aliphatic heterocycles. The first kappa shape index (κ1) is 15.2. The quantitative estimate of drug-likeness (QED) is 0.708. The predicted octanol–water partition coefficient (Wildman–Crippen LogP) is 3.20. The van der Waals surface area contributed by atoms with E-state index >= 15 is 0 Å². The molecule has 1 rings (SSSR count). The Morgan fingerprint density at radius 3 is 2.06 bits per heavy atom. The predicted molar refractivity (Wildman–Crippen MR) is 79.2 cm³/mol. The van der Waals surface area contributed by atoms with Crippen molar-refractivity contribution >= 4 is 14.2 Å². The molecule has 0 amide bonds. The topological polar surface area (TPSA) is 21.7 Å². The van der Waals surface area contributed by atoms with E-state index in [0.717, 1.165) is 13.0 Å². The summed E-state index contributed by atoms with van der Waals surface area (Å²) in [6.45, 7) is 7.46. The minimum absolute atomic E-state index is 0.319. The Bertz CT molecular complexity index is 341. The normalized spacial score (nSPS) is 13.4. The van der Waals surface area contributed by atoms with Crippen molar-refractivity contribution in [2.75, 3.05) is 25.7 Å². The number of nitrogens with zero attached hydrogens (tertiary/aromatic N) is 1. The lowest BCUT2D eigenvalue weighted by molar-refractivity contribution is 0.234. The van der Waals surface area contributed by atoms with Gasteiger partial charge in [0, 0.05) is 26.5 Å². The van der Waals surface area contributed by atoms with Crippen molar-refractivity contribution < 1.29 is 8.85 Å². The zero-order chi connectivity index (χ0) is 13.6. The van der Waals surface area contributed by atoms with E-state index in [1.54, 1.807) is 14.2 Å². The summed E-state index contributed by atoms with van der Waals surface area (Å²) in [5.41, 5.74) is 1.56. The average Bonchev–Trinajstić information content (AvgIpc) is 2.44. The van der Waals surface area contributed by atoms with Crippen LogP contribution in [-0.2, 0) is 8.85 Å². The summed E-state index contributed by atoms with van der Waals surface area (Å²) >= 11 is 0. The molecular weight excluding hydrogens is 242 g/mol. The Hall–Kier alpha value is -0.843. The molecule has 0 saturated carbocycles. The molecule has 0 spiro atoms. The van der Waals surface area contributed by atoms with Crippen LogP contribution in [-0.4, -0.2) is 35.0 Å². The van der Waals surface area contributed by atoms with E-state index in [4.69, 9.17) is 8.85 Å². The molecule has 1 aromatic carbocycles. The summed E-state index contributed by atoms with van der Waals surface area (Å²) in [5.74, 6) is 0. The Morgan fingerprint density at radius 2 is 1.67 bits per heavy atom. The van der Waals surface area contributed by atoms with Crippen LogP contribution in [0.2, 0.25) is 6.55 Å². The van der Waals surface area contributed by atoms with Gasteiger partial charge in [0.15, 0.2) is 0 Å². The van der Waals surface area contributed by atoms with Gasteiger partial charge >= 0.3 is 8.56 Å². The minimum Gasteiger partial charge on any atom is -0.397 e. The molecule has 0 aliphatic carbocycles. The maximum atomic E-state index is 5.72. The van der Waals surface area contributed by atoms with Crippen molar-refractivity contribution in [2.24, 2.45) is 0 Å². The number of rotatable bonds is 7. The van der Waals surface area contributed by atoms with Crippen LogP contribution in [0.5, 0.6) is 0 Å². The number of benzene rings is 1. The standard InChI is InChI=1S/C14H25NO2Si/c1-6-14(18(5,16-3)17-4)15(7-2)13-11-9-8-10-12-13/h8-12,14H,6-7H2,1-5H3. The van der Waals surface area contributed by atoms with Gasteiger partial charge in [-0.2, -0.15) is 0 Å². The van der Waals surface area contributed by atoms with E-state index in [0.29, 0.717) is 5.67 Å². The lowest BCUT2D eigenvalue weighted by atomic mass is 10.2. The van der Waals surface area contributed by atoms with Crippen molar-refractivity contribution in [3.05, 3.63) is 30.3 Å². The zero-order valence-corrected chi connectivity index (χ0v) is 13.1. The van der Waals surface area contributed by atoms with Gasteiger partial charge < -0.3 is 13.8 Å². The maximum Gasteiger partial charge on any atom is 0.357 e. The maximum absolute atomic E-state index is 5.72. The third kappa shape index (κ3) is 3.13. The van der Waals surface area contributed by atoms with Crippen molar-refractivity contribution in [2.45, 2.75) is 32.5 Å². The number of hydrogen-bond acceptors (Lipinski definition) is 3. The summed E-state index contributed by atoms with van der Waals surface area (Å²) in [7, 11) is 1.35. The smallest absolute Gasteiger partial charge is 0.357 e.